The standard InChI is InChI=1S/C14H19NO3S/c1-11-4-2-5-12(10-11)19(16,17)15-8-9-18-14-7-3-6-13(14)15/h2,4-5,10,13-14H,3,6-9H2,1H3. The van der Waals surface area contributed by atoms with Gasteiger partial charge in [-0.1, -0.05) is 12.1 Å². The van der Waals surface area contributed by atoms with Crippen LogP contribution >= 0.6 is 0 Å². The third kappa shape index (κ3) is 2.30. The van der Waals surface area contributed by atoms with Crippen LogP contribution in [0, 0.1) is 6.92 Å². The number of rotatable bonds is 2. The quantitative estimate of drug-likeness (QED) is 0.832. The summed E-state index contributed by atoms with van der Waals surface area (Å²) in [5.41, 5.74) is 0.970. The van der Waals surface area contributed by atoms with Gasteiger partial charge >= 0.3 is 0 Å². The average Bonchev–Trinajstić information content (AvgIpc) is 2.86. The summed E-state index contributed by atoms with van der Waals surface area (Å²) >= 11 is 0. The van der Waals surface area contributed by atoms with Crippen molar-refractivity contribution in [2.24, 2.45) is 0 Å². The van der Waals surface area contributed by atoms with E-state index in [1.807, 2.05) is 13.0 Å². The molecular formula is C14H19NO3S. The lowest BCUT2D eigenvalue weighted by Gasteiger charge is -2.36. The van der Waals surface area contributed by atoms with E-state index in [4.69, 9.17) is 4.74 Å². The Bertz CT molecular complexity index is 570. The number of sulfonamides is 1. The van der Waals surface area contributed by atoms with Crippen molar-refractivity contribution in [1.29, 1.82) is 0 Å². The number of nitrogens with zero attached hydrogens (tertiary/aromatic N) is 1. The number of hydrogen-bond acceptors (Lipinski definition) is 3. The molecule has 4 nitrogen and oxygen atoms in total. The molecule has 0 spiro atoms. The molecule has 3 rings (SSSR count). The zero-order chi connectivity index (χ0) is 13.5. The Balaban J connectivity index is 1.95. The predicted octanol–water partition coefficient (Wildman–Crippen LogP) is 1.94. The smallest absolute Gasteiger partial charge is 0.243 e. The van der Waals surface area contributed by atoms with Gasteiger partial charge < -0.3 is 4.74 Å². The minimum absolute atomic E-state index is 0.0271. The lowest BCUT2D eigenvalue weighted by molar-refractivity contribution is -0.0241. The van der Waals surface area contributed by atoms with Crippen LogP contribution in [0.15, 0.2) is 29.2 Å². The Morgan fingerprint density at radius 3 is 2.95 bits per heavy atom. The van der Waals surface area contributed by atoms with Crippen molar-refractivity contribution in [3.8, 4) is 0 Å². The van der Waals surface area contributed by atoms with Gasteiger partial charge in [0, 0.05) is 6.54 Å². The van der Waals surface area contributed by atoms with E-state index in [1.165, 1.54) is 0 Å². The molecule has 1 aromatic rings. The molecule has 2 aliphatic rings. The van der Waals surface area contributed by atoms with E-state index < -0.39 is 10.0 Å². The van der Waals surface area contributed by atoms with E-state index in [2.05, 4.69) is 0 Å². The van der Waals surface area contributed by atoms with E-state index >= 15 is 0 Å². The highest BCUT2D eigenvalue weighted by atomic mass is 32.2. The summed E-state index contributed by atoms with van der Waals surface area (Å²) in [4.78, 5) is 0.403. The first kappa shape index (κ1) is 13.1. The van der Waals surface area contributed by atoms with Crippen LogP contribution in [0.4, 0.5) is 0 Å². The van der Waals surface area contributed by atoms with Gasteiger partial charge in [0.2, 0.25) is 10.0 Å². The van der Waals surface area contributed by atoms with E-state index in [0.29, 0.717) is 18.0 Å². The van der Waals surface area contributed by atoms with Gasteiger partial charge in [0.25, 0.3) is 0 Å². The molecule has 0 bridgehead atoms. The van der Waals surface area contributed by atoms with Crippen LogP contribution < -0.4 is 0 Å². The Hall–Kier alpha value is -0.910. The van der Waals surface area contributed by atoms with E-state index in [-0.39, 0.29) is 12.1 Å². The maximum atomic E-state index is 12.8. The second-order valence-electron chi connectivity index (χ2n) is 5.34. The van der Waals surface area contributed by atoms with Gasteiger partial charge in [-0.25, -0.2) is 8.42 Å². The molecule has 0 amide bonds. The second-order valence-corrected chi connectivity index (χ2v) is 7.23. The third-order valence-electron chi connectivity index (χ3n) is 4.03. The molecule has 1 aliphatic heterocycles. The maximum Gasteiger partial charge on any atom is 0.243 e. The van der Waals surface area contributed by atoms with Crippen molar-refractivity contribution < 1.29 is 13.2 Å². The highest BCUT2D eigenvalue weighted by Crippen LogP contribution is 2.33. The molecule has 1 saturated heterocycles. The van der Waals surface area contributed by atoms with Crippen molar-refractivity contribution in [1.82, 2.24) is 4.31 Å². The summed E-state index contributed by atoms with van der Waals surface area (Å²) in [7, 11) is -3.39. The summed E-state index contributed by atoms with van der Waals surface area (Å²) in [6, 6.07) is 7.17. The van der Waals surface area contributed by atoms with Crippen LogP contribution in [0.25, 0.3) is 0 Å². The van der Waals surface area contributed by atoms with Gasteiger partial charge in [-0.15, -0.1) is 0 Å². The molecule has 1 saturated carbocycles. The fraction of sp³-hybridized carbons (Fsp3) is 0.571. The molecule has 0 N–H and O–H groups in total. The predicted molar refractivity (Wildman–Crippen MR) is 72.4 cm³/mol. The van der Waals surface area contributed by atoms with Gasteiger partial charge in [-0.05, 0) is 43.9 Å². The molecule has 2 unspecified atom stereocenters. The van der Waals surface area contributed by atoms with Crippen LogP contribution in [-0.4, -0.2) is 38.0 Å². The van der Waals surface area contributed by atoms with Crippen molar-refractivity contribution in [2.45, 2.75) is 43.2 Å². The molecular weight excluding hydrogens is 262 g/mol. The minimum atomic E-state index is -3.39. The molecule has 0 aromatic heterocycles. The number of fused-ring (bicyclic) bond motifs is 1. The lowest BCUT2D eigenvalue weighted by Crippen LogP contribution is -2.51. The average molecular weight is 281 g/mol. The zero-order valence-electron chi connectivity index (χ0n) is 11.1. The molecule has 19 heavy (non-hydrogen) atoms. The van der Waals surface area contributed by atoms with Gasteiger partial charge in [0.15, 0.2) is 0 Å². The fourth-order valence-electron chi connectivity index (χ4n) is 3.10. The van der Waals surface area contributed by atoms with Crippen LogP contribution in [0.3, 0.4) is 0 Å². The van der Waals surface area contributed by atoms with Gasteiger partial charge in [-0.2, -0.15) is 4.31 Å². The minimum Gasteiger partial charge on any atom is -0.375 e. The molecule has 2 atom stereocenters. The van der Waals surface area contributed by atoms with Crippen molar-refractivity contribution in [3.05, 3.63) is 29.8 Å². The summed E-state index contributed by atoms with van der Waals surface area (Å²) in [5, 5.41) is 0. The number of ether oxygens (including phenoxy) is 1. The van der Waals surface area contributed by atoms with Gasteiger partial charge in [-0.3, -0.25) is 0 Å². The van der Waals surface area contributed by atoms with E-state index in [9.17, 15) is 8.42 Å². The number of hydrogen-bond donors (Lipinski definition) is 0. The Morgan fingerprint density at radius 1 is 1.32 bits per heavy atom. The monoisotopic (exact) mass is 281 g/mol. The van der Waals surface area contributed by atoms with Gasteiger partial charge in [0.05, 0.1) is 23.6 Å². The first-order chi connectivity index (χ1) is 9.09. The summed E-state index contributed by atoms with van der Waals surface area (Å²) in [6.07, 6.45) is 3.03. The van der Waals surface area contributed by atoms with E-state index in [0.717, 1.165) is 24.8 Å². The summed E-state index contributed by atoms with van der Waals surface area (Å²) < 4.78 is 32.8. The summed E-state index contributed by atoms with van der Waals surface area (Å²) in [5.74, 6) is 0. The van der Waals surface area contributed by atoms with Crippen LogP contribution in [0.2, 0.25) is 0 Å². The molecule has 5 heteroatoms. The molecule has 1 aliphatic carbocycles. The van der Waals surface area contributed by atoms with Crippen LogP contribution in [0.5, 0.6) is 0 Å². The van der Waals surface area contributed by atoms with Crippen LogP contribution in [0.1, 0.15) is 24.8 Å². The number of benzene rings is 1. The Morgan fingerprint density at radius 2 is 2.16 bits per heavy atom. The SMILES string of the molecule is Cc1cccc(S(=O)(=O)N2CCOC3CCCC32)c1. The molecule has 0 radical (unpaired) electrons. The fourth-order valence-corrected chi connectivity index (χ4v) is 4.87. The zero-order valence-corrected chi connectivity index (χ0v) is 11.9. The van der Waals surface area contributed by atoms with Gasteiger partial charge in [0.1, 0.15) is 0 Å². The third-order valence-corrected chi connectivity index (χ3v) is 5.95. The Labute approximate surface area is 114 Å². The maximum absolute atomic E-state index is 12.8. The van der Waals surface area contributed by atoms with Crippen molar-refractivity contribution in [2.75, 3.05) is 13.2 Å². The summed E-state index contributed by atoms with van der Waals surface area (Å²) in [6.45, 7) is 2.89. The molecule has 1 heterocycles. The van der Waals surface area contributed by atoms with Crippen LogP contribution in [-0.2, 0) is 14.8 Å². The lowest BCUT2D eigenvalue weighted by atomic mass is 10.2. The first-order valence-corrected chi connectivity index (χ1v) is 8.23. The molecule has 2 fully saturated rings. The second kappa shape index (κ2) is 4.89. The molecule has 1 aromatic carbocycles. The highest BCUT2D eigenvalue weighted by Gasteiger charge is 2.42. The topological polar surface area (TPSA) is 46.6 Å². The molecule has 104 valence electrons. The largest absolute Gasteiger partial charge is 0.375 e. The number of aryl methyl sites for hydroxylation is 1. The Kier molecular flexibility index (Phi) is 3.37. The number of morpholine rings is 1. The first-order valence-electron chi connectivity index (χ1n) is 6.79. The van der Waals surface area contributed by atoms with E-state index in [1.54, 1.807) is 22.5 Å². The normalized spacial score (nSPS) is 28.3. The van der Waals surface area contributed by atoms with Crippen molar-refractivity contribution >= 4 is 10.0 Å². The highest BCUT2D eigenvalue weighted by molar-refractivity contribution is 7.89. The van der Waals surface area contributed by atoms with Crippen molar-refractivity contribution in [3.63, 3.8) is 0 Å².